The fraction of sp³-hybridized carbons (Fsp3) is 0.400. The quantitative estimate of drug-likeness (QED) is 0.444. The van der Waals surface area contributed by atoms with E-state index in [2.05, 4.69) is 23.5 Å². The van der Waals surface area contributed by atoms with E-state index in [-0.39, 0.29) is 32.7 Å². The Kier molecular flexibility index (Phi) is 28.3. The first-order chi connectivity index (χ1) is 3.81. The fourth-order valence-electron chi connectivity index (χ4n) is 0.0589. The molecule has 0 atom stereocenters. The Morgan fingerprint density at radius 2 is 1.78 bits per heavy atom. The molecule has 0 N–H and O–H groups in total. The topological polar surface area (TPSA) is 35.5 Å². The van der Waals surface area contributed by atoms with Crippen molar-refractivity contribution in [2.24, 2.45) is 0 Å². The molecular weight excluding hydrogens is 197 g/mol. The maximum Gasteiger partial charge on any atom is 0.475 e. The Morgan fingerprint density at radius 1 is 1.44 bits per heavy atom. The van der Waals surface area contributed by atoms with Crippen molar-refractivity contribution in [1.82, 2.24) is 0 Å². The van der Waals surface area contributed by atoms with E-state index >= 15 is 0 Å². The minimum atomic E-state index is -0.769. The van der Waals surface area contributed by atoms with Crippen LogP contribution in [0.5, 0.6) is 0 Å². The maximum atomic E-state index is 9.67. The summed E-state index contributed by atoms with van der Waals surface area (Å²) in [6, 6.07) is 0. The van der Waals surface area contributed by atoms with Gasteiger partial charge in [-0.15, -0.1) is 0 Å². The number of rotatable bonds is 0. The third-order valence-corrected chi connectivity index (χ3v) is 0.285. The zero-order valence-electron chi connectivity index (χ0n) is 5.72. The van der Waals surface area contributed by atoms with Crippen LogP contribution in [0.3, 0.4) is 0 Å². The van der Waals surface area contributed by atoms with Crippen LogP contribution in [0.25, 0.3) is 0 Å². The van der Waals surface area contributed by atoms with Crippen molar-refractivity contribution in [3.05, 3.63) is 14.0 Å². The van der Waals surface area contributed by atoms with Crippen LogP contribution in [0.4, 0.5) is 4.79 Å². The molecule has 0 unspecified atom stereocenters. The van der Waals surface area contributed by atoms with E-state index in [1.165, 1.54) is 7.11 Å². The van der Waals surface area contributed by atoms with Gasteiger partial charge < -0.3 is 16.4 Å². The van der Waals surface area contributed by atoms with Crippen molar-refractivity contribution in [2.75, 3.05) is 7.11 Å². The summed E-state index contributed by atoms with van der Waals surface area (Å²) in [4.78, 5) is 9.67. The number of ether oxygens (including phenoxy) is 2. The fourth-order valence-corrected chi connectivity index (χ4v) is 0.0589. The molecule has 0 aliphatic rings. The summed E-state index contributed by atoms with van der Waals surface area (Å²) in [5.74, 6) is 0. The maximum absolute atomic E-state index is 9.67. The molecule has 0 aromatic carbocycles. The van der Waals surface area contributed by atoms with Gasteiger partial charge in [-0.1, -0.05) is 0 Å². The average Bonchev–Trinajstić information content (AvgIpc) is 1.91. The molecule has 0 aromatic rings. The summed E-state index contributed by atoms with van der Waals surface area (Å²) in [5, 5.41) is 0. The molecule has 0 saturated carbocycles. The number of methoxy groups -OCH3 is 1. The van der Waals surface area contributed by atoms with Gasteiger partial charge in [-0.05, 0) is 0 Å². The van der Waals surface area contributed by atoms with Crippen LogP contribution in [-0.4, -0.2) is 13.3 Å². The number of carbonyl (C=O) groups excluding carboxylic acids is 1. The largest absolute Gasteiger partial charge is 0.609 e. The first kappa shape index (κ1) is 16.2. The summed E-state index contributed by atoms with van der Waals surface area (Å²) in [6.45, 7) is 5.00. The van der Waals surface area contributed by atoms with Crippen molar-refractivity contribution < 1.29 is 47.0 Å². The molecule has 0 aliphatic heterocycles. The monoisotopic (exact) mass is 207 g/mol. The van der Waals surface area contributed by atoms with Crippen LogP contribution >= 0.6 is 0 Å². The van der Waals surface area contributed by atoms with Gasteiger partial charge in [-0.25, -0.2) is 4.79 Å². The predicted molar refractivity (Wildman–Crippen MR) is 29.9 cm³/mol. The molecule has 0 rings (SSSR count). The van der Waals surface area contributed by atoms with E-state index in [0.29, 0.717) is 0 Å². The van der Waals surface area contributed by atoms with E-state index in [0.717, 1.165) is 0 Å². The van der Waals surface area contributed by atoms with Crippen LogP contribution in [0.15, 0.2) is 0 Å². The van der Waals surface area contributed by atoms with Crippen LogP contribution < -0.4 is 0 Å². The summed E-state index contributed by atoms with van der Waals surface area (Å²) < 4.78 is 7.76. The van der Waals surface area contributed by atoms with Gasteiger partial charge in [-0.3, -0.25) is 0 Å². The van der Waals surface area contributed by atoms with Crippen molar-refractivity contribution in [2.45, 2.75) is 6.92 Å². The molecule has 0 aliphatic carbocycles. The van der Waals surface area contributed by atoms with Gasteiger partial charge in [0.2, 0.25) is 0 Å². The van der Waals surface area contributed by atoms with Crippen molar-refractivity contribution in [3.63, 3.8) is 0 Å². The minimum Gasteiger partial charge on any atom is -0.609 e. The second kappa shape index (κ2) is 15.8. The molecule has 1 radical (unpaired) electrons. The van der Waals surface area contributed by atoms with Gasteiger partial charge in [-0.2, -0.15) is 14.0 Å². The van der Waals surface area contributed by atoms with E-state index in [4.69, 9.17) is 0 Å². The van der Waals surface area contributed by atoms with Crippen LogP contribution in [-0.2, 0) is 42.2 Å². The predicted octanol–water partition coefficient (Wildman–Crippen LogP) is 1.40. The summed E-state index contributed by atoms with van der Waals surface area (Å²) in [7, 11) is 4.00. The van der Waals surface area contributed by atoms with Gasteiger partial charge >= 0.3 is 6.16 Å². The molecule has 0 aromatic heterocycles. The molecule has 3 nitrogen and oxygen atoms in total. The van der Waals surface area contributed by atoms with E-state index < -0.39 is 6.16 Å². The SMILES string of the molecule is [CH2-]C.[CH2-]OC(=O)OC.[Y]. The molecule has 0 heterocycles. The van der Waals surface area contributed by atoms with Crippen LogP contribution in [0, 0.1) is 14.0 Å². The van der Waals surface area contributed by atoms with Crippen molar-refractivity contribution in [1.29, 1.82) is 0 Å². The summed E-state index contributed by atoms with van der Waals surface area (Å²) >= 11 is 0. The van der Waals surface area contributed by atoms with Gasteiger partial charge in [0.25, 0.3) is 0 Å². The zero-order chi connectivity index (χ0) is 6.99. The average molecular weight is 207 g/mol. The third kappa shape index (κ3) is 17.8. The van der Waals surface area contributed by atoms with Crippen molar-refractivity contribution in [3.8, 4) is 0 Å². The van der Waals surface area contributed by atoms with E-state index in [1.807, 2.05) is 0 Å². The van der Waals surface area contributed by atoms with E-state index in [9.17, 15) is 4.79 Å². The first-order valence-corrected chi connectivity index (χ1v) is 2.02. The Hall–Kier alpha value is 0.374. The zero-order valence-corrected chi connectivity index (χ0v) is 8.55. The second-order valence-electron chi connectivity index (χ2n) is 0.598. The van der Waals surface area contributed by atoms with Gasteiger partial charge in [0.1, 0.15) is 0 Å². The third-order valence-electron chi connectivity index (χ3n) is 0.285. The molecular formula is C5H10O3Y-2. The summed E-state index contributed by atoms with van der Waals surface area (Å²) in [6.07, 6.45) is -0.769. The standard InChI is InChI=1S/C3H5O3.C2H5.Y/c1-5-3(4)6-2;1-2;/h1H2,2H3;1H2,2H3;/q2*-1;. The Labute approximate surface area is 81.0 Å². The normalized spacial score (nSPS) is 5.33. The first-order valence-electron chi connectivity index (χ1n) is 2.02. The Morgan fingerprint density at radius 3 is 1.78 bits per heavy atom. The summed E-state index contributed by atoms with van der Waals surface area (Å²) in [5.41, 5.74) is 0. The smallest absolute Gasteiger partial charge is 0.475 e. The molecule has 0 amide bonds. The number of carbonyl (C=O) groups is 1. The van der Waals surface area contributed by atoms with Crippen molar-refractivity contribution >= 4 is 6.16 Å². The molecule has 4 heteroatoms. The number of hydrogen-bond donors (Lipinski definition) is 0. The molecule has 9 heavy (non-hydrogen) atoms. The molecule has 0 fully saturated rings. The molecule has 0 spiro atoms. The number of hydrogen-bond acceptors (Lipinski definition) is 3. The van der Waals surface area contributed by atoms with Crippen LogP contribution in [0.2, 0.25) is 0 Å². The molecule has 0 saturated heterocycles. The Balaban J connectivity index is -0.000000109. The van der Waals surface area contributed by atoms with E-state index in [1.54, 1.807) is 6.92 Å². The molecule has 0 bridgehead atoms. The van der Waals surface area contributed by atoms with Crippen LogP contribution in [0.1, 0.15) is 6.92 Å². The van der Waals surface area contributed by atoms with Gasteiger partial charge in [0.05, 0.1) is 7.11 Å². The van der Waals surface area contributed by atoms with Gasteiger partial charge in [0.15, 0.2) is 0 Å². The minimum absolute atomic E-state index is 0. The van der Waals surface area contributed by atoms with Gasteiger partial charge in [0, 0.05) is 32.7 Å². The second-order valence-corrected chi connectivity index (χ2v) is 0.598. The molecule has 53 valence electrons. The Bertz CT molecular complexity index is 50.2.